The molecule has 0 aliphatic heterocycles. The van der Waals surface area contributed by atoms with Crippen molar-refractivity contribution < 1.29 is 20.1 Å². The number of rotatable bonds is 6. The van der Waals surface area contributed by atoms with Crippen LogP contribution in [0.3, 0.4) is 0 Å². The molecule has 3 rings (SSSR count). The van der Waals surface area contributed by atoms with Gasteiger partial charge in [0, 0.05) is 30.6 Å². The lowest BCUT2D eigenvalue weighted by atomic mass is 9.58. The standard InChI is InChI=1S/C22H34O4/c1-3-4-5-6-7-8-16-10-9-15(2)11-18-19-12-17(23)13-21(19,25)14-22(16,26)20(18)24/h9-11,16-19,23,25-26H,3-8,12-14H2,1-2H3/b10-9-,15-11-/t16?,17?,18-,19?,21?,22+/m0/s1. The Labute approximate surface area is 157 Å². The minimum absolute atomic E-state index is 0.0495. The number of ketones is 1. The van der Waals surface area contributed by atoms with E-state index in [2.05, 4.69) is 6.92 Å². The molecule has 4 unspecified atom stereocenters. The summed E-state index contributed by atoms with van der Waals surface area (Å²) < 4.78 is 0. The highest BCUT2D eigenvalue weighted by atomic mass is 16.3. The molecule has 2 fully saturated rings. The number of carbonyl (C=O) groups is 1. The van der Waals surface area contributed by atoms with Crippen LogP contribution in [0.15, 0.2) is 23.8 Å². The first-order valence-electron chi connectivity index (χ1n) is 10.3. The SMILES string of the molecule is CCCCCCCC1/C=C\C(C)=C/[C@@H]2C(=O)[C@@]1(O)CC1(O)CC(O)CC21. The van der Waals surface area contributed by atoms with Crippen molar-refractivity contribution in [1.29, 1.82) is 0 Å². The van der Waals surface area contributed by atoms with Crippen LogP contribution >= 0.6 is 0 Å². The molecule has 3 aliphatic carbocycles. The van der Waals surface area contributed by atoms with Crippen molar-refractivity contribution in [3.05, 3.63) is 23.8 Å². The second-order valence-electron chi connectivity index (χ2n) is 8.87. The number of allylic oxidation sites excluding steroid dienone is 3. The highest BCUT2D eigenvalue weighted by molar-refractivity contribution is 5.93. The molecule has 0 aromatic heterocycles. The third-order valence-electron chi connectivity index (χ3n) is 6.81. The maximum absolute atomic E-state index is 13.3. The lowest BCUT2D eigenvalue weighted by molar-refractivity contribution is -0.176. The fourth-order valence-corrected chi connectivity index (χ4v) is 5.44. The van der Waals surface area contributed by atoms with Crippen LogP contribution in [-0.4, -0.2) is 38.4 Å². The lowest BCUT2D eigenvalue weighted by Crippen LogP contribution is -2.61. The van der Waals surface area contributed by atoms with Gasteiger partial charge in [0.25, 0.3) is 0 Å². The molecule has 2 saturated carbocycles. The average Bonchev–Trinajstić information content (AvgIpc) is 2.87. The zero-order chi connectivity index (χ0) is 18.9. The van der Waals surface area contributed by atoms with Gasteiger partial charge in [0.15, 0.2) is 5.78 Å². The summed E-state index contributed by atoms with van der Waals surface area (Å²) in [4.78, 5) is 13.3. The minimum Gasteiger partial charge on any atom is -0.393 e. The van der Waals surface area contributed by atoms with E-state index >= 15 is 0 Å². The Morgan fingerprint density at radius 3 is 2.65 bits per heavy atom. The van der Waals surface area contributed by atoms with Gasteiger partial charge >= 0.3 is 0 Å². The van der Waals surface area contributed by atoms with Crippen molar-refractivity contribution >= 4 is 5.78 Å². The van der Waals surface area contributed by atoms with E-state index in [0.29, 0.717) is 6.42 Å². The van der Waals surface area contributed by atoms with E-state index in [0.717, 1.165) is 24.8 Å². The monoisotopic (exact) mass is 362 g/mol. The lowest BCUT2D eigenvalue weighted by Gasteiger charge is -2.49. The van der Waals surface area contributed by atoms with E-state index in [-0.39, 0.29) is 30.5 Å². The molecular formula is C22H34O4. The molecule has 0 saturated heterocycles. The molecule has 26 heavy (non-hydrogen) atoms. The van der Waals surface area contributed by atoms with Crippen LogP contribution in [0, 0.1) is 17.8 Å². The van der Waals surface area contributed by atoms with E-state index in [9.17, 15) is 20.1 Å². The minimum atomic E-state index is -1.53. The van der Waals surface area contributed by atoms with Gasteiger partial charge in [0.05, 0.1) is 11.7 Å². The predicted octanol–water partition coefficient (Wildman–Crippen LogP) is 3.30. The Kier molecular flexibility index (Phi) is 5.76. The molecule has 6 atom stereocenters. The smallest absolute Gasteiger partial charge is 0.172 e. The zero-order valence-electron chi connectivity index (χ0n) is 16.2. The molecule has 3 aliphatic rings. The molecule has 3 N–H and O–H groups in total. The summed E-state index contributed by atoms with van der Waals surface area (Å²) in [6.45, 7) is 4.15. The van der Waals surface area contributed by atoms with Crippen LogP contribution in [0.2, 0.25) is 0 Å². The second-order valence-corrected chi connectivity index (χ2v) is 8.87. The molecule has 0 amide bonds. The van der Waals surface area contributed by atoms with Gasteiger partial charge in [-0.1, -0.05) is 62.8 Å². The number of carbonyl (C=O) groups excluding carboxylic acids is 1. The van der Waals surface area contributed by atoms with Crippen molar-refractivity contribution in [1.82, 2.24) is 0 Å². The van der Waals surface area contributed by atoms with Crippen molar-refractivity contribution in [2.45, 2.75) is 88.9 Å². The molecule has 4 heteroatoms. The Hall–Kier alpha value is -0.970. The Morgan fingerprint density at radius 1 is 1.19 bits per heavy atom. The van der Waals surface area contributed by atoms with Crippen LogP contribution in [0.5, 0.6) is 0 Å². The van der Waals surface area contributed by atoms with Crippen molar-refractivity contribution in [3.8, 4) is 0 Å². The fourth-order valence-electron chi connectivity index (χ4n) is 5.44. The van der Waals surface area contributed by atoms with E-state index in [4.69, 9.17) is 0 Å². The quantitative estimate of drug-likeness (QED) is 0.634. The molecule has 0 heterocycles. The van der Waals surface area contributed by atoms with Gasteiger partial charge in [-0.25, -0.2) is 0 Å². The van der Waals surface area contributed by atoms with Gasteiger partial charge in [-0.2, -0.15) is 0 Å². The summed E-state index contributed by atoms with van der Waals surface area (Å²) in [5, 5.41) is 32.8. The van der Waals surface area contributed by atoms with Gasteiger partial charge in [0.2, 0.25) is 0 Å². The van der Waals surface area contributed by atoms with Crippen molar-refractivity contribution in [3.63, 3.8) is 0 Å². The number of fused-ring (bicyclic) bond motifs is 4. The second kappa shape index (κ2) is 7.57. The molecule has 0 radical (unpaired) electrons. The zero-order valence-corrected chi connectivity index (χ0v) is 16.2. The first-order valence-corrected chi connectivity index (χ1v) is 10.3. The molecule has 4 nitrogen and oxygen atoms in total. The van der Waals surface area contributed by atoms with Gasteiger partial charge in [-0.15, -0.1) is 0 Å². The third-order valence-corrected chi connectivity index (χ3v) is 6.81. The third kappa shape index (κ3) is 3.56. The number of aliphatic hydroxyl groups is 3. The highest BCUT2D eigenvalue weighted by Crippen LogP contribution is 2.53. The summed E-state index contributed by atoms with van der Waals surface area (Å²) in [5.74, 6) is -1.24. The van der Waals surface area contributed by atoms with Gasteiger partial charge in [-0.3, -0.25) is 4.79 Å². The molecule has 146 valence electrons. The molecule has 2 bridgehead atoms. The Bertz CT molecular complexity index is 595. The van der Waals surface area contributed by atoms with Gasteiger partial charge in [-0.05, 0) is 19.8 Å². The van der Waals surface area contributed by atoms with Crippen molar-refractivity contribution in [2.75, 3.05) is 0 Å². The van der Waals surface area contributed by atoms with Gasteiger partial charge < -0.3 is 15.3 Å². The fraction of sp³-hybridized carbons (Fsp3) is 0.773. The molecule has 0 aromatic rings. The normalized spacial score (nSPS) is 45.4. The van der Waals surface area contributed by atoms with E-state index in [1.165, 1.54) is 19.3 Å². The van der Waals surface area contributed by atoms with E-state index < -0.39 is 23.2 Å². The van der Waals surface area contributed by atoms with Gasteiger partial charge in [0.1, 0.15) is 5.60 Å². The average molecular weight is 363 g/mol. The van der Waals surface area contributed by atoms with E-state index in [1.807, 2.05) is 25.2 Å². The number of Topliss-reactive ketones (excluding diaryl/α,β-unsaturated/α-hetero) is 1. The Balaban J connectivity index is 1.86. The topological polar surface area (TPSA) is 77.8 Å². The Morgan fingerprint density at radius 2 is 1.92 bits per heavy atom. The first-order chi connectivity index (χ1) is 12.3. The number of unbranched alkanes of at least 4 members (excludes halogenated alkanes) is 4. The largest absolute Gasteiger partial charge is 0.393 e. The van der Waals surface area contributed by atoms with Crippen LogP contribution < -0.4 is 0 Å². The van der Waals surface area contributed by atoms with Crippen LogP contribution in [0.4, 0.5) is 0 Å². The summed E-state index contributed by atoms with van der Waals surface area (Å²) in [6.07, 6.45) is 12.4. The van der Waals surface area contributed by atoms with Crippen molar-refractivity contribution in [2.24, 2.45) is 17.8 Å². The number of hydrogen-bond donors (Lipinski definition) is 3. The van der Waals surface area contributed by atoms with Crippen LogP contribution in [0.1, 0.15) is 71.6 Å². The molecular weight excluding hydrogens is 328 g/mol. The maximum Gasteiger partial charge on any atom is 0.172 e. The van der Waals surface area contributed by atoms with Crippen LogP contribution in [0.25, 0.3) is 0 Å². The highest BCUT2D eigenvalue weighted by Gasteiger charge is 2.63. The predicted molar refractivity (Wildman–Crippen MR) is 102 cm³/mol. The molecule has 0 aromatic carbocycles. The number of aliphatic hydroxyl groups excluding tert-OH is 1. The number of hydrogen-bond acceptors (Lipinski definition) is 4. The van der Waals surface area contributed by atoms with Crippen LogP contribution in [-0.2, 0) is 4.79 Å². The summed E-state index contributed by atoms with van der Waals surface area (Å²) >= 11 is 0. The maximum atomic E-state index is 13.3. The molecule has 0 spiro atoms. The van der Waals surface area contributed by atoms with E-state index in [1.54, 1.807) is 0 Å². The summed E-state index contributed by atoms with van der Waals surface area (Å²) in [7, 11) is 0. The summed E-state index contributed by atoms with van der Waals surface area (Å²) in [5.41, 5.74) is -1.69. The summed E-state index contributed by atoms with van der Waals surface area (Å²) in [6, 6.07) is 0. The first kappa shape index (κ1) is 19.8.